The van der Waals surface area contributed by atoms with Crippen molar-refractivity contribution in [1.29, 1.82) is 0 Å². The van der Waals surface area contributed by atoms with Crippen LogP contribution in [0.3, 0.4) is 0 Å². The van der Waals surface area contributed by atoms with E-state index in [0.717, 1.165) is 6.42 Å². The van der Waals surface area contributed by atoms with E-state index in [1.165, 1.54) is 5.56 Å². The Balaban J connectivity index is 2.25. The van der Waals surface area contributed by atoms with Gasteiger partial charge in [-0.15, -0.1) is 0 Å². The summed E-state index contributed by atoms with van der Waals surface area (Å²) in [5.74, 6) is -0.915. The molecule has 0 spiro atoms. The highest BCUT2D eigenvalue weighted by Gasteiger charge is 2.08. The van der Waals surface area contributed by atoms with Crippen LogP contribution in [0.4, 0.5) is 4.79 Å². The third kappa shape index (κ3) is 5.34. The summed E-state index contributed by atoms with van der Waals surface area (Å²) in [7, 11) is 1.69. The van der Waals surface area contributed by atoms with Crippen molar-refractivity contribution in [3.8, 4) is 0 Å². The minimum absolute atomic E-state index is 0.0573. The lowest BCUT2D eigenvalue weighted by molar-refractivity contribution is -0.136. The minimum atomic E-state index is -0.915. The highest BCUT2D eigenvalue weighted by Crippen LogP contribution is 2.00. The fourth-order valence-electron chi connectivity index (χ4n) is 1.45. The molecule has 0 bridgehead atoms. The molecule has 98 valence electrons. The number of carboxylic acids is 1. The van der Waals surface area contributed by atoms with Crippen LogP contribution in [0.2, 0.25) is 0 Å². The Morgan fingerprint density at radius 2 is 1.94 bits per heavy atom. The van der Waals surface area contributed by atoms with Crippen LogP contribution < -0.4 is 5.32 Å². The van der Waals surface area contributed by atoms with Gasteiger partial charge in [0.05, 0.1) is 6.42 Å². The third-order valence-corrected chi connectivity index (χ3v) is 2.54. The largest absolute Gasteiger partial charge is 0.481 e. The molecule has 1 aromatic carbocycles. The summed E-state index contributed by atoms with van der Waals surface area (Å²) in [6.45, 7) is 0.757. The molecule has 5 heteroatoms. The van der Waals surface area contributed by atoms with E-state index in [1.54, 1.807) is 11.9 Å². The molecule has 0 fully saturated rings. The number of nitrogens with one attached hydrogen (secondary N) is 1. The number of nitrogens with zero attached hydrogens (tertiary/aromatic N) is 1. The van der Waals surface area contributed by atoms with Crippen LogP contribution >= 0.6 is 0 Å². The molecule has 0 aromatic heterocycles. The third-order valence-electron chi connectivity index (χ3n) is 2.54. The quantitative estimate of drug-likeness (QED) is 0.800. The molecule has 0 heterocycles. The number of carbonyl (C=O) groups is 2. The van der Waals surface area contributed by atoms with Gasteiger partial charge in [0.25, 0.3) is 0 Å². The molecule has 2 N–H and O–H groups in total. The fraction of sp³-hybridized carbons (Fsp3) is 0.385. The Hall–Kier alpha value is -2.04. The normalized spacial score (nSPS) is 9.83. The zero-order chi connectivity index (χ0) is 13.4. The van der Waals surface area contributed by atoms with E-state index in [9.17, 15) is 9.59 Å². The lowest BCUT2D eigenvalue weighted by Crippen LogP contribution is -2.39. The number of hydrogen-bond acceptors (Lipinski definition) is 2. The highest BCUT2D eigenvalue weighted by molar-refractivity contribution is 5.74. The SMILES string of the molecule is CN(CCc1ccccc1)C(=O)NCCC(=O)O. The van der Waals surface area contributed by atoms with Crippen molar-refractivity contribution < 1.29 is 14.7 Å². The zero-order valence-corrected chi connectivity index (χ0v) is 10.4. The monoisotopic (exact) mass is 250 g/mol. The molecule has 0 radical (unpaired) electrons. The molecule has 18 heavy (non-hydrogen) atoms. The number of amides is 2. The van der Waals surface area contributed by atoms with Crippen molar-refractivity contribution in [2.24, 2.45) is 0 Å². The molecular formula is C13H18N2O3. The van der Waals surface area contributed by atoms with E-state index < -0.39 is 5.97 Å². The van der Waals surface area contributed by atoms with Crippen LogP contribution in [-0.4, -0.2) is 42.1 Å². The van der Waals surface area contributed by atoms with Crippen molar-refractivity contribution in [3.05, 3.63) is 35.9 Å². The smallest absolute Gasteiger partial charge is 0.317 e. The molecule has 0 aliphatic carbocycles. The van der Waals surface area contributed by atoms with E-state index >= 15 is 0 Å². The summed E-state index contributed by atoms with van der Waals surface area (Å²) in [4.78, 5) is 23.4. The van der Waals surface area contributed by atoms with E-state index in [4.69, 9.17) is 5.11 Å². The second kappa shape index (κ2) is 7.32. The summed E-state index contributed by atoms with van der Waals surface area (Å²) in [5.41, 5.74) is 1.17. The first kappa shape index (κ1) is 14.0. The first-order valence-electron chi connectivity index (χ1n) is 5.84. The van der Waals surface area contributed by atoms with Crippen LogP contribution in [0.5, 0.6) is 0 Å². The summed E-state index contributed by atoms with van der Waals surface area (Å²) in [6, 6.07) is 9.65. The molecule has 1 aromatic rings. The maximum Gasteiger partial charge on any atom is 0.317 e. The maximum atomic E-state index is 11.6. The number of likely N-dealkylation sites (N-methyl/N-ethyl adjacent to an activating group) is 1. The van der Waals surface area contributed by atoms with Gasteiger partial charge in [-0.2, -0.15) is 0 Å². The number of rotatable bonds is 6. The van der Waals surface area contributed by atoms with Gasteiger partial charge in [0.2, 0.25) is 0 Å². The summed E-state index contributed by atoms with van der Waals surface area (Å²) < 4.78 is 0. The van der Waals surface area contributed by atoms with E-state index in [0.29, 0.717) is 6.54 Å². The first-order chi connectivity index (χ1) is 8.59. The average Bonchev–Trinajstić information content (AvgIpc) is 2.36. The van der Waals surface area contributed by atoms with Gasteiger partial charge >= 0.3 is 12.0 Å². The number of urea groups is 1. The van der Waals surface area contributed by atoms with Gasteiger partial charge in [-0.1, -0.05) is 30.3 Å². The Kier molecular flexibility index (Phi) is 5.70. The van der Waals surface area contributed by atoms with Gasteiger partial charge in [-0.3, -0.25) is 4.79 Å². The van der Waals surface area contributed by atoms with Crippen molar-refractivity contribution in [2.45, 2.75) is 12.8 Å². The molecule has 1 rings (SSSR count). The molecular weight excluding hydrogens is 232 g/mol. The van der Waals surface area contributed by atoms with Crippen molar-refractivity contribution >= 4 is 12.0 Å². The van der Waals surface area contributed by atoms with Gasteiger partial charge in [-0.25, -0.2) is 4.79 Å². The van der Waals surface area contributed by atoms with Crippen molar-refractivity contribution in [1.82, 2.24) is 10.2 Å². The number of aliphatic carboxylic acids is 1. The van der Waals surface area contributed by atoms with Gasteiger partial charge in [0.15, 0.2) is 0 Å². The topological polar surface area (TPSA) is 69.6 Å². The van der Waals surface area contributed by atoms with Crippen molar-refractivity contribution in [3.63, 3.8) is 0 Å². The van der Waals surface area contributed by atoms with Crippen LogP contribution in [0, 0.1) is 0 Å². The molecule has 0 saturated heterocycles. The Bertz CT molecular complexity index is 392. The Morgan fingerprint density at radius 1 is 1.28 bits per heavy atom. The lowest BCUT2D eigenvalue weighted by atomic mass is 10.1. The van der Waals surface area contributed by atoms with Gasteiger partial charge in [-0.05, 0) is 12.0 Å². The second-order valence-corrected chi connectivity index (χ2v) is 4.03. The van der Waals surface area contributed by atoms with Crippen LogP contribution in [0.25, 0.3) is 0 Å². The van der Waals surface area contributed by atoms with Crippen molar-refractivity contribution in [2.75, 3.05) is 20.1 Å². The molecule has 0 atom stereocenters. The van der Waals surface area contributed by atoms with E-state index in [1.807, 2.05) is 30.3 Å². The number of benzene rings is 1. The predicted octanol–water partition coefficient (Wildman–Crippen LogP) is 1.35. The molecule has 5 nitrogen and oxygen atoms in total. The highest BCUT2D eigenvalue weighted by atomic mass is 16.4. The summed E-state index contributed by atoms with van der Waals surface area (Å²) >= 11 is 0. The van der Waals surface area contributed by atoms with E-state index in [2.05, 4.69) is 5.32 Å². The number of carbonyl (C=O) groups excluding carboxylic acids is 1. The Morgan fingerprint density at radius 3 is 2.56 bits per heavy atom. The van der Waals surface area contributed by atoms with Gasteiger partial charge < -0.3 is 15.3 Å². The second-order valence-electron chi connectivity index (χ2n) is 4.03. The summed E-state index contributed by atoms with van der Waals surface area (Å²) in [5, 5.41) is 11.0. The fourth-order valence-corrected chi connectivity index (χ4v) is 1.45. The zero-order valence-electron chi connectivity index (χ0n) is 10.4. The minimum Gasteiger partial charge on any atom is -0.481 e. The molecule has 0 saturated carbocycles. The average molecular weight is 250 g/mol. The molecule has 2 amide bonds. The van der Waals surface area contributed by atoms with Crippen LogP contribution in [-0.2, 0) is 11.2 Å². The molecule has 0 unspecified atom stereocenters. The maximum absolute atomic E-state index is 11.6. The Labute approximate surface area is 106 Å². The number of carboxylic acid groups (broad SMARTS) is 1. The summed E-state index contributed by atoms with van der Waals surface area (Å²) in [6.07, 6.45) is 0.724. The van der Waals surface area contributed by atoms with Crippen LogP contribution in [0.1, 0.15) is 12.0 Å². The molecule has 0 aliphatic rings. The first-order valence-corrected chi connectivity index (χ1v) is 5.84. The molecule has 0 aliphatic heterocycles. The lowest BCUT2D eigenvalue weighted by Gasteiger charge is -2.17. The van der Waals surface area contributed by atoms with Crippen LogP contribution in [0.15, 0.2) is 30.3 Å². The van der Waals surface area contributed by atoms with Gasteiger partial charge in [0, 0.05) is 20.1 Å². The number of hydrogen-bond donors (Lipinski definition) is 2. The van der Waals surface area contributed by atoms with Gasteiger partial charge in [0.1, 0.15) is 0 Å². The van der Waals surface area contributed by atoms with E-state index in [-0.39, 0.29) is 19.0 Å². The standard InChI is InChI=1S/C13H18N2O3/c1-15(13(18)14-9-7-12(16)17)10-8-11-5-3-2-4-6-11/h2-6H,7-10H2,1H3,(H,14,18)(H,16,17). The predicted molar refractivity (Wildman–Crippen MR) is 68.4 cm³/mol.